The lowest BCUT2D eigenvalue weighted by Gasteiger charge is -2.29. The molecule has 9 heteroatoms. The third-order valence-corrected chi connectivity index (χ3v) is 6.42. The van der Waals surface area contributed by atoms with Gasteiger partial charge in [-0.2, -0.15) is 0 Å². The molecule has 2 N–H and O–H groups in total. The summed E-state index contributed by atoms with van der Waals surface area (Å²) >= 11 is 0. The highest BCUT2D eigenvalue weighted by atomic mass is 16.6. The van der Waals surface area contributed by atoms with Crippen LogP contribution in [0, 0.1) is 16.0 Å². The van der Waals surface area contributed by atoms with E-state index in [9.17, 15) is 19.7 Å². The second-order valence-corrected chi connectivity index (χ2v) is 9.92. The standard InChI is InChI=1S/C30H33N5O4/c1-22(2)19-34(30(37)32-25-12-14-26(15-13-25)35(38)39)21-29(36)33(20-23-8-4-3-5-9-23)17-16-24-18-31-28-11-7-6-10-27(24)28/h3-15,18,22,31H,16-17,19-21H2,1-2H3,(H,32,37). The molecule has 4 aromatic rings. The number of anilines is 1. The van der Waals surface area contributed by atoms with E-state index in [2.05, 4.69) is 16.4 Å². The van der Waals surface area contributed by atoms with E-state index in [0.29, 0.717) is 31.7 Å². The summed E-state index contributed by atoms with van der Waals surface area (Å²) in [5.74, 6) is -0.0209. The number of hydrogen-bond donors (Lipinski definition) is 2. The molecule has 9 nitrogen and oxygen atoms in total. The minimum absolute atomic E-state index is 0.0611. The number of nitrogens with zero attached hydrogens (tertiary/aromatic N) is 3. The lowest BCUT2D eigenvalue weighted by molar-refractivity contribution is -0.384. The lowest BCUT2D eigenvalue weighted by atomic mass is 10.1. The number of non-ortho nitro benzene ring substituents is 1. The summed E-state index contributed by atoms with van der Waals surface area (Å²) < 4.78 is 0. The fourth-order valence-electron chi connectivity index (χ4n) is 4.48. The fourth-order valence-corrected chi connectivity index (χ4v) is 4.48. The molecule has 0 aliphatic rings. The topological polar surface area (TPSA) is 112 Å². The number of aromatic amines is 1. The van der Waals surface area contributed by atoms with E-state index in [0.717, 1.165) is 22.0 Å². The van der Waals surface area contributed by atoms with Crippen LogP contribution in [0.2, 0.25) is 0 Å². The zero-order valence-corrected chi connectivity index (χ0v) is 22.2. The Balaban J connectivity index is 1.49. The summed E-state index contributed by atoms with van der Waals surface area (Å²) in [6.07, 6.45) is 2.65. The average Bonchev–Trinajstić information content (AvgIpc) is 3.34. The van der Waals surface area contributed by atoms with Gasteiger partial charge in [-0.25, -0.2) is 4.79 Å². The van der Waals surface area contributed by atoms with Crippen molar-refractivity contribution in [3.8, 4) is 0 Å². The molecule has 202 valence electrons. The Hall–Kier alpha value is -4.66. The second-order valence-electron chi connectivity index (χ2n) is 9.92. The molecular formula is C30H33N5O4. The van der Waals surface area contributed by atoms with E-state index < -0.39 is 11.0 Å². The van der Waals surface area contributed by atoms with Crippen LogP contribution >= 0.6 is 0 Å². The number of carbonyl (C=O) groups excluding carboxylic acids is 2. The summed E-state index contributed by atoms with van der Waals surface area (Å²) in [6, 6.07) is 23.1. The third-order valence-electron chi connectivity index (χ3n) is 6.42. The largest absolute Gasteiger partial charge is 0.361 e. The van der Waals surface area contributed by atoms with E-state index >= 15 is 0 Å². The first-order valence-corrected chi connectivity index (χ1v) is 13.0. The molecule has 1 heterocycles. The Morgan fingerprint density at radius 2 is 1.64 bits per heavy atom. The van der Waals surface area contributed by atoms with Gasteiger partial charge in [0, 0.05) is 54.6 Å². The maximum atomic E-state index is 13.7. The molecule has 0 aliphatic heterocycles. The average molecular weight is 528 g/mol. The molecule has 3 amide bonds. The van der Waals surface area contributed by atoms with Crippen molar-refractivity contribution < 1.29 is 14.5 Å². The summed E-state index contributed by atoms with van der Waals surface area (Å²) in [4.78, 5) is 43.9. The van der Waals surface area contributed by atoms with Crippen molar-refractivity contribution in [2.75, 3.05) is 25.0 Å². The van der Waals surface area contributed by atoms with Gasteiger partial charge in [0.2, 0.25) is 5.91 Å². The number of hydrogen-bond acceptors (Lipinski definition) is 4. The van der Waals surface area contributed by atoms with Crippen LogP contribution in [0.15, 0.2) is 85.1 Å². The molecule has 0 saturated carbocycles. The highest BCUT2D eigenvalue weighted by Gasteiger charge is 2.23. The minimum Gasteiger partial charge on any atom is -0.361 e. The number of amides is 3. The van der Waals surface area contributed by atoms with Crippen molar-refractivity contribution in [1.29, 1.82) is 0 Å². The first-order chi connectivity index (χ1) is 18.8. The normalized spacial score (nSPS) is 10.9. The van der Waals surface area contributed by atoms with E-state index in [1.165, 1.54) is 29.2 Å². The molecule has 39 heavy (non-hydrogen) atoms. The highest BCUT2D eigenvalue weighted by molar-refractivity contribution is 5.92. The van der Waals surface area contributed by atoms with E-state index in [1.54, 1.807) is 4.90 Å². The molecule has 0 saturated heterocycles. The maximum absolute atomic E-state index is 13.7. The zero-order chi connectivity index (χ0) is 27.8. The van der Waals surface area contributed by atoms with Gasteiger partial charge in [-0.3, -0.25) is 14.9 Å². The van der Waals surface area contributed by atoms with Gasteiger partial charge in [0.15, 0.2) is 0 Å². The first-order valence-electron chi connectivity index (χ1n) is 13.0. The van der Waals surface area contributed by atoms with E-state index in [1.807, 2.05) is 68.6 Å². The van der Waals surface area contributed by atoms with Crippen molar-refractivity contribution in [2.45, 2.75) is 26.8 Å². The van der Waals surface area contributed by atoms with Crippen molar-refractivity contribution >= 4 is 34.2 Å². The number of rotatable bonds is 11. The second kappa shape index (κ2) is 12.7. The van der Waals surface area contributed by atoms with Gasteiger partial charge in [-0.15, -0.1) is 0 Å². The van der Waals surface area contributed by atoms with Crippen LogP contribution in [-0.2, 0) is 17.8 Å². The van der Waals surface area contributed by atoms with Crippen LogP contribution in [0.5, 0.6) is 0 Å². The van der Waals surface area contributed by atoms with Crippen molar-refractivity contribution in [2.24, 2.45) is 5.92 Å². The Morgan fingerprint density at radius 3 is 2.33 bits per heavy atom. The van der Waals surface area contributed by atoms with Crippen LogP contribution < -0.4 is 5.32 Å². The van der Waals surface area contributed by atoms with Gasteiger partial charge in [0.25, 0.3) is 5.69 Å². The summed E-state index contributed by atoms with van der Waals surface area (Å²) in [5.41, 5.74) is 3.56. The molecule has 0 unspecified atom stereocenters. The summed E-state index contributed by atoms with van der Waals surface area (Å²) in [6.45, 7) is 5.19. The number of benzene rings is 3. The maximum Gasteiger partial charge on any atom is 0.322 e. The van der Waals surface area contributed by atoms with Gasteiger partial charge >= 0.3 is 6.03 Å². The van der Waals surface area contributed by atoms with Crippen molar-refractivity contribution in [3.63, 3.8) is 0 Å². The van der Waals surface area contributed by atoms with Gasteiger partial charge in [-0.05, 0) is 41.7 Å². The smallest absolute Gasteiger partial charge is 0.322 e. The Morgan fingerprint density at radius 1 is 0.949 bits per heavy atom. The quantitative estimate of drug-likeness (QED) is 0.189. The van der Waals surface area contributed by atoms with Gasteiger partial charge in [0.1, 0.15) is 6.54 Å². The number of para-hydroxylation sites is 1. The number of carbonyl (C=O) groups is 2. The van der Waals surface area contributed by atoms with E-state index in [4.69, 9.17) is 0 Å². The molecule has 3 aromatic carbocycles. The minimum atomic E-state index is -0.493. The Kier molecular flexibility index (Phi) is 8.94. The molecule has 0 aliphatic carbocycles. The summed E-state index contributed by atoms with van der Waals surface area (Å²) in [7, 11) is 0. The predicted octanol–water partition coefficient (Wildman–Crippen LogP) is 5.84. The molecule has 0 atom stereocenters. The van der Waals surface area contributed by atoms with Crippen LogP contribution in [0.25, 0.3) is 10.9 Å². The SMILES string of the molecule is CC(C)CN(CC(=O)N(CCc1c[nH]c2ccccc12)Cc1ccccc1)C(=O)Nc1ccc([N+](=O)[O-])cc1. The molecular weight excluding hydrogens is 494 g/mol. The van der Waals surface area contributed by atoms with Gasteiger partial charge in [-0.1, -0.05) is 62.4 Å². The van der Waals surface area contributed by atoms with Crippen molar-refractivity contribution in [1.82, 2.24) is 14.8 Å². The third kappa shape index (κ3) is 7.44. The van der Waals surface area contributed by atoms with Crippen LogP contribution in [0.3, 0.4) is 0 Å². The Labute approximate surface area is 227 Å². The zero-order valence-electron chi connectivity index (χ0n) is 22.2. The van der Waals surface area contributed by atoms with Gasteiger partial charge in [0.05, 0.1) is 4.92 Å². The molecule has 0 spiro atoms. The lowest BCUT2D eigenvalue weighted by Crippen LogP contribution is -2.46. The van der Waals surface area contributed by atoms with Crippen LogP contribution in [0.1, 0.15) is 25.0 Å². The first kappa shape index (κ1) is 27.4. The number of urea groups is 1. The fraction of sp³-hybridized carbons (Fsp3) is 0.267. The van der Waals surface area contributed by atoms with Crippen LogP contribution in [-0.4, -0.2) is 51.3 Å². The number of nitro groups is 1. The number of aromatic nitrogens is 1. The highest BCUT2D eigenvalue weighted by Crippen LogP contribution is 2.20. The predicted molar refractivity (Wildman–Crippen MR) is 152 cm³/mol. The molecule has 1 aromatic heterocycles. The molecule has 4 rings (SSSR count). The number of nitrogens with one attached hydrogen (secondary N) is 2. The van der Waals surface area contributed by atoms with E-state index in [-0.39, 0.29) is 24.1 Å². The van der Waals surface area contributed by atoms with Gasteiger partial charge < -0.3 is 20.1 Å². The molecule has 0 radical (unpaired) electrons. The number of nitro benzene ring substituents is 1. The van der Waals surface area contributed by atoms with Crippen molar-refractivity contribution in [3.05, 3.63) is 106 Å². The molecule has 0 fully saturated rings. The monoisotopic (exact) mass is 527 g/mol. The molecule has 0 bridgehead atoms. The summed E-state index contributed by atoms with van der Waals surface area (Å²) in [5, 5.41) is 14.8. The number of H-pyrrole nitrogens is 1. The van der Waals surface area contributed by atoms with Crippen LogP contribution in [0.4, 0.5) is 16.2 Å². The Bertz CT molecular complexity index is 1420. The number of fused-ring (bicyclic) bond motifs is 1.